The Morgan fingerprint density at radius 1 is 1.29 bits per heavy atom. The highest BCUT2D eigenvalue weighted by Crippen LogP contribution is 2.38. The molecule has 1 aliphatic rings. The van der Waals surface area contributed by atoms with Crippen molar-refractivity contribution in [2.24, 2.45) is 11.7 Å². The molecule has 1 atom stereocenters. The number of nitrogens with two attached hydrogens (primary N) is 1. The quantitative estimate of drug-likeness (QED) is 0.628. The van der Waals surface area contributed by atoms with Gasteiger partial charge in [-0.05, 0) is 81.0 Å². The number of aromatic nitrogens is 2. The SMILES string of the molecule is Cc1cc(-c2[nH]c3ccc(C(C)(C)C(=O)N4CCC(CN)C4)cc3c2C(C)C)ccn1. The number of hydrogen-bond donors (Lipinski definition) is 2. The summed E-state index contributed by atoms with van der Waals surface area (Å²) in [5.74, 6) is 0.954. The van der Waals surface area contributed by atoms with E-state index in [9.17, 15) is 4.79 Å². The van der Waals surface area contributed by atoms with E-state index in [4.69, 9.17) is 5.73 Å². The summed E-state index contributed by atoms with van der Waals surface area (Å²) in [6.45, 7) is 12.8. The predicted molar refractivity (Wildman–Crippen MR) is 127 cm³/mol. The number of nitrogens with one attached hydrogen (secondary N) is 1. The van der Waals surface area contributed by atoms with Crippen LogP contribution in [-0.2, 0) is 10.2 Å². The number of amides is 1. The van der Waals surface area contributed by atoms with Crippen LogP contribution in [0.2, 0.25) is 0 Å². The molecule has 1 amide bonds. The van der Waals surface area contributed by atoms with E-state index in [1.54, 1.807) is 0 Å². The fourth-order valence-corrected chi connectivity index (χ4v) is 4.86. The van der Waals surface area contributed by atoms with E-state index < -0.39 is 5.41 Å². The predicted octanol–water partition coefficient (Wildman–Crippen LogP) is 4.75. The third-order valence-electron chi connectivity index (χ3n) is 6.76. The van der Waals surface area contributed by atoms with Crippen LogP contribution in [-0.4, -0.2) is 40.4 Å². The Kier molecular flexibility index (Phi) is 5.65. The molecule has 2 aromatic heterocycles. The van der Waals surface area contributed by atoms with E-state index in [2.05, 4.69) is 54.1 Å². The van der Waals surface area contributed by atoms with Crippen LogP contribution in [0.15, 0.2) is 36.5 Å². The van der Waals surface area contributed by atoms with Gasteiger partial charge < -0.3 is 15.6 Å². The summed E-state index contributed by atoms with van der Waals surface area (Å²) in [7, 11) is 0. The minimum atomic E-state index is -0.587. The number of carbonyl (C=O) groups excluding carboxylic acids is 1. The number of pyridine rings is 1. The van der Waals surface area contributed by atoms with Crippen LogP contribution in [0.3, 0.4) is 0 Å². The zero-order valence-electron chi connectivity index (χ0n) is 19.3. The highest BCUT2D eigenvalue weighted by atomic mass is 16.2. The molecule has 0 saturated carbocycles. The molecule has 1 aromatic carbocycles. The van der Waals surface area contributed by atoms with Crippen molar-refractivity contribution in [1.29, 1.82) is 0 Å². The van der Waals surface area contributed by atoms with Crippen molar-refractivity contribution in [2.45, 2.75) is 52.4 Å². The minimum absolute atomic E-state index is 0.189. The Morgan fingerprint density at radius 3 is 2.71 bits per heavy atom. The summed E-state index contributed by atoms with van der Waals surface area (Å²) in [4.78, 5) is 23.4. The molecule has 0 bridgehead atoms. The van der Waals surface area contributed by atoms with E-state index in [-0.39, 0.29) is 5.91 Å². The summed E-state index contributed by atoms with van der Waals surface area (Å²) in [6.07, 6.45) is 2.86. The van der Waals surface area contributed by atoms with Gasteiger partial charge >= 0.3 is 0 Å². The van der Waals surface area contributed by atoms with Crippen molar-refractivity contribution in [3.8, 4) is 11.3 Å². The van der Waals surface area contributed by atoms with Gasteiger partial charge in [-0.1, -0.05) is 19.9 Å². The van der Waals surface area contributed by atoms with E-state index in [0.717, 1.165) is 47.5 Å². The molecule has 4 rings (SSSR count). The molecule has 0 radical (unpaired) electrons. The third kappa shape index (κ3) is 3.87. The molecule has 3 aromatic rings. The van der Waals surface area contributed by atoms with Crippen molar-refractivity contribution in [3.63, 3.8) is 0 Å². The van der Waals surface area contributed by atoms with Gasteiger partial charge in [-0.3, -0.25) is 9.78 Å². The second-order valence-electron chi connectivity index (χ2n) is 9.78. The van der Waals surface area contributed by atoms with Crippen LogP contribution < -0.4 is 5.73 Å². The average Bonchev–Trinajstić information content (AvgIpc) is 3.37. The Labute approximate surface area is 185 Å². The van der Waals surface area contributed by atoms with Crippen molar-refractivity contribution in [2.75, 3.05) is 19.6 Å². The second kappa shape index (κ2) is 8.12. The molecule has 5 nitrogen and oxygen atoms in total. The van der Waals surface area contributed by atoms with E-state index in [0.29, 0.717) is 18.4 Å². The number of fused-ring (bicyclic) bond motifs is 1. The zero-order chi connectivity index (χ0) is 22.3. The van der Waals surface area contributed by atoms with E-state index in [1.165, 1.54) is 10.9 Å². The zero-order valence-corrected chi connectivity index (χ0v) is 19.3. The molecule has 0 spiro atoms. The topological polar surface area (TPSA) is 75.0 Å². The first kappa shape index (κ1) is 21.6. The molecule has 5 heteroatoms. The van der Waals surface area contributed by atoms with Gasteiger partial charge in [-0.2, -0.15) is 0 Å². The second-order valence-corrected chi connectivity index (χ2v) is 9.78. The van der Waals surface area contributed by atoms with E-state index in [1.807, 2.05) is 31.9 Å². The van der Waals surface area contributed by atoms with Gasteiger partial charge in [-0.25, -0.2) is 0 Å². The van der Waals surface area contributed by atoms with Gasteiger partial charge in [0.15, 0.2) is 0 Å². The van der Waals surface area contributed by atoms with Gasteiger partial charge in [-0.15, -0.1) is 0 Å². The molecule has 0 aliphatic carbocycles. The van der Waals surface area contributed by atoms with Gasteiger partial charge in [0.1, 0.15) is 0 Å². The lowest BCUT2D eigenvalue weighted by Crippen LogP contribution is -2.42. The van der Waals surface area contributed by atoms with Crippen molar-refractivity contribution < 1.29 is 4.79 Å². The Bertz CT molecular complexity index is 1110. The lowest BCUT2D eigenvalue weighted by Gasteiger charge is -2.30. The van der Waals surface area contributed by atoms with Crippen LogP contribution in [0.5, 0.6) is 0 Å². The number of aromatic amines is 1. The standard InChI is InChI=1S/C26H34N4O/c1-16(2)23-21-13-20(26(4,5)25(31)30-11-9-18(14-27)15-30)6-7-22(21)29-24(23)19-8-10-28-17(3)12-19/h6-8,10,12-13,16,18,29H,9,11,14-15,27H2,1-5H3. The van der Waals surface area contributed by atoms with E-state index >= 15 is 0 Å². The first-order valence-electron chi connectivity index (χ1n) is 11.3. The molecule has 164 valence electrons. The van der Waals surface area contributed by atoms with Crippen LogP contribution in [0, 0.1) is 12.8 Å². The van der Waals surface area contributed by atoms with Crippen molar-refractivity contribution >= 4 is 16.8 Å². The molecule has 1 fully saturated rings. The molecule has 3 heterocycles. The number of carbonyl (C=O) groups is 1. The first-order chi connectivity index (χ1) is 14.7. The van der Waals surface area contributed by atoms with Crippen LogP contribution in [0.25, 0.3) is 22.2 Å². The molecular formula is C26H34N4O. The Hall–Kier alpha value is -2.66. The number of H-pyrrole nitrogens is 1. The van der Waals surface area contributed by atoms with Crippen LogP contribution in [0.1, 0.15) is 56.9 Å². The number of likely N-dealkylation sites (tertiary alicyclic amines) is 1. The maximum atomic E-state index is 13.4. The smallest absolute Gasteiger partial charge is 0.232 e. The Morgan fingerprint density at radius 2 is 2.06 bits per heavy atom. The number of aryl methyl sites for hydroxylation is 1. The van der Waals surface area contributed by atoms with Gasteiger partial charge in [0, 0.05) is 41.4 Å². The fourth-order valence-electron chi connectivity index (χ4n) is 4.86. The monoisotopic (exact) mass is 418 g/mol. The molecule has 1 aliphatic heterocycles. The minimum Gasteiger partial charge on any atom is -0.354 e. The average molecular weight is 419 g/mol. The number of nitrogens with zero attached hydrogens (tertiary/aromatic N) is 2. The summed E-state index contributed by atoms with van der Waals surface area (Å²) in [6, 6.07) is 10.6. The Balaban J connectivity index is 1.77. The third-order valence-corrected chi connectivity index (χ3v) is 6.76. The maximum absolute atomic E-state index is 13.4. The number of benzene rings is 1. The summed E-state index contributed by atoms with van der Waals surface area (Å²) in [5.41, 5.74) is 12.0. The van der Waals surface area contributed by atoms with Crippen LogP contribution >= 0.6 is 0 Å². The summed E-state index contributed by atoms with van der Waals surface area (Å²) in [5, 5.41) is 1.19. The fraction of sp³-hybridized carbons (Fsp3) is 0.462. The van der Waals surface area contributed by atoms with Gasteiger partial charge in [0.25, 0.3) is 0 Å². The summed E-state index contributed by atoms with van der Waals surface area (Å²) >= 11 is 0. The van der Waals surface area contributed by atoms with Gasteiger partial charge in [0.2, 0.25) is 5.91 Å². The number of rotatable bonds is 5. The highest BCUT2D eigenvalue weighted by molar-refractivity contribution is 5.94. The highest BCUT2D eigenvalue weighted by Gasteiger charge is 2.37. The van der Waals surface area contributed by atoms with Gasteiger partial charge in [0.05, 0.1) is 11.1 Å². The van der Waals surface area contributed by atoms with Crippen molar-refractivity contribution in [3.05, 3.63) is 53.3 Å². The molecule has 31 heavy (non-hydrogen) atoms. The molecular weight excluding hydrogens is 384 g/mol. The molecule has 3 N–H and O–H groups in total. The van der Waals surface area contributed by atoms with Crippen LogP contribution in [0.4, 0.5) is 0 Å². The first-order valence-corrected chi connectivity index (χ1v) is 11.3. The normalized spacial score (nSPS) is 17.1. The maximum Gasteiger partial charge on any atom is 0.232 e. The number of hydrogen-bond acceptors (Lipinski definition) is 3. The summed E-state index contributed by atoms with van der Waals surface area (Å²) < 4.78 is 0. The largest absolute Gasteiger partial charge is 0.354 e. The lowest BCUT2D eigenvalue weighted by atomic mass is 9.82. The lowest BCUT2D eigenvalue weighted by molar-refractivity contribution is -0.135. The molecule has 1 saturated heterocycles. The molecule has 1 unspecified atom stereocenters. The van der Waals surface area contributed by atoms with Crippen molar-refractivity contribution in [1.82, 2.24) is 14.9 Å².